The van der Waals surface area contributed by atoms with Gasteiger partial charge in [0.2, 0.25) is 11.8 Å². The van der Waals surface area contributed by atoms with Gasteiger partial charge in [-0.3, -0.25) is 14.9 Å². The summed E-state index contributed by atoms with van der Waals surface area (Å²) in [5.41, 5.74) is 0.912. The molecule has 0 unspecified atom stereocenters. The van der Waals surface area contributed by atoms with Crippen molar-refractivity contribution in [1.82, 2.24) is 10.2 Å². The van der Waals surface area contributed by atoms with Crippen LogP contribution in [0.25, 0.3) is 0 Å². The second kappa shape index (κ2) is 5.61. The predicted molar refractivity (Wildman–Crippen MR) is 71.9 cm³/mol. The second-order valence-electron chi connectivity index (χ2n) is 4.59. The number of rotatable bonds is 2. The van der Waals surface area contributed by atoms with Gasteiger partial charge in [0, 0.05) is 5.69 Å². The summed E-state index contributed by atoms with van der Waals surface area (Å²) >= 11 is 0. The first-order valence-corrected chi connectivity index (χ1v) is 6.09. The molecule has 0 spiro atoms. The van der Waals surface area contributed by atoms with E-state index in [2.05, 4.69) is 10.6 Å². The van der Waals surface area contributed by atoms with Crippen LogP contribution in [0.4, 0.5) is 10.5 Å². The van der Waals surface area contributed by atoms with Crippen molar-refractivity contribution in [1.29, 1.82) is 0 Å². The number of carbonyl (C=O) groups excluding carboxylic acids is 3. The third kappa shape index (κ3) is 3.35. The maximum atomic E-state index is 12.0. The maximum absolute atomic E-state index is 12.0. The summed E-state index contributed by atoms with van der Waals surface area (Å²) in [7, 11) is 0. The molecule has 8 nitrogen and oxygen atoms in total. The minimum absolute atomic E-state index is 0.0697. The molecule has 0 aromatic heterocycles. The number of hydrogen-bond acceptors (Lipinski definition) is 4. The molecule has 0 atom stereocenters. The van der Waals surface area contributed by atoms with Crippen LogP contribution in [-0.2, 0) is 9.59 Å². The van der Waals surface area contributed by atoms with Gasteiger partial charge in [-0.05, 0) is 24.6 Å². The van der Waals surface area contributed by atoms with Crippen LogP contribution in [0.1, 0.15) is 15.9 Å². The summed E-state index contributed by atoms with van der Waals surface area (Å²) in [6.45, 7) is 1.19. The van der Waals surface area contributed by atoms with E-state index in [9.17, 15) is 19.2 Å². The number of urea groups is 1. The van der Waals surface area contributed by atoms with Crippen molar-refractivity contribution in [3.63, 3.8) is 0 Å². The number of aryl methyl sites for hydroxylation is 1. The van der Waals surface area contributed by atoms with Crippen LogP contribution in [0.15, 0.2) is 18.2 Å². The fourth-order valence-corrected chi connectivity index (χ4v) is 1.91. The number of aromatic carboxylic acids is 1. The van der Waals surface area contributed by atoms with Crippen LogP contribution in [0.5, 0.6) is 0 Å². The lowest BCUT2D eigenvalue weighted by Crippen LogP contribution is -2.54. The van der Waals surface area contributed by atoms with Gasteiger partial charge in [-0.15, -0.1) is 0 Å². The molecule has 4 amide bonds. The maximum Gasteiger partial charge on any atom is 0.336 e. The Bertz CT molecular complexity index is 625. The fraction of sp³-hybridized carbons (Fsp3) is 0.231. The highest BCUT2D eigenvalue weighted by Gasteiger charge is 2.26. The lowest BCUT2D eigenvalue weighted by molar-refractivity contribution is -0.134. The van der Waals surface area contributed by atoms with E-state index in [1.165, 1.54) is 6.07 Å². The van der Waals surface area contributed by atoms with Crippen molar-refractivity contribution < 1.29 is 24.3 Å². The highest BCUT2D eigenvalue weighted by molar-refractivity contribution is 6.04. The predicted octanol–water partition coefficient (Wildman–Crippen LogP) is 0.184. The van der Waals surface area contributed by atoms with Gasteiger partial charge in [0.1, 0.15) is 13.1 Å². The molecule has 1 aromatic carbocycles. The van der Waals surface area contributed by atoms with Gasteiger partial charge in [0.05, 0.1) is 5.56 Å². The summed E-state index contributed by atoms with van der Waals surface area (Å²) in [6.07, 6.45) is 0. The summed E-state index contributed by atoms with van der Waals surface area (Å²) in [4.78, 5) is 46.4. The van der Waals surface area contributed by atoms with Gasteiger partial charge >= 0.3 is 12.0 Å². The van der Waals surface area contributed by atoms with Gasteiger partial charge in [-0.25, -0.2) is 9.59 Å². The van der Waals surface area contributed by atoms with Crippen molar-refractivity contribution >= 4 is 29.5 Å². The molecule has 8 heteroatoms. The van der Waals surface area contributed by atoms with E-state index in [4.69, 9.17) is 5.11 Å². The molecule has 1 heterocycles. The third-order valence-electron chi connectivity index (χ3n) is 2.95. The number of carbonyl (C=O) groups is 4. The summed E-state index contributed by atoms with van der Waals surface area (Å²) in [6, 6.07) is 3.79. The Morgan fingerprint density at radius 2 is 1.86 bits per heavy atom. The molecule has 21 heavy (non-hydrogen) atoms. The number of benzene rings is 1. The standard InChI is InChI=1S/C13H13N3O5/c1-7-2-3-8(4-9(7)12(19)20)14-13(21)16-5-10(17)15-11(18)6-16/h2-4H,5-6H2,1H3,(H,14,21)(H,19,20)(H,15,17,18). The van der Waals surface area contributed by atoms with Gasteiger partial charge in [0.25, 0.3) is 0 Å². The molecule has 0 aliphatic carbocycles. The molecule has 1 fully saturated rings. The quantitative estimate of drug-likeness (QED) is 0.672. The minimum Gasteiger partial charge on any atom is -0.478 e. The Kier molecular flexibility index (Phi) is 3.88. The number of amides is 4. The van der Waals surface area contributed by atoms with E-state index in [1.54, 1.807) is 19.1 Å². The van der Waals surface area contributed by atoms with Gasteiger partial charge in [0.15, 0.2) is 0 Å². The molecule has 2 rings (SSSR count). The van der Waals surface area contributed by atoms with E-state index in [-0.39, 0.29) is 24.3 Å². The van der Waals surface area contributed by atoms with Crippen LogP contribution < -0.4 is 10.6 Å². The average molecular weight is 291 g/mol. The highest BCUT2D eigenvalue weighted by Crippen LogP contribution is 2.16. The molecular formula is C13H13N3O5. The molecule has 0 bridgehead atoms. The first kappa shape index (κ1) is 14.5. The van der Waals surface area contributed by atoms with E-state index in [1.807, 2.05) is 0 Å². The van der Waals surface area contributed by atoms with E-state index < -0.39 is 23.8 Å². The van der Waals surface area contributed by atoms with Gasteiger partial charge in [-0.1, -0.05) is 6.07 Å². The largest absolute Gasteiger partial charge is 0.478 e. The summed E-state index contributed by atoms with van der Waals surface area (Å²) in [5.74, 6) is -2.22. The number of piperazine rings is 1. The number of hydrogen-bond donors (Lipinski definition) is 3. The van der Waals surface area contributed by atoms with Crippen molar-refractivity contribution in [3.05, 3.63) is 29.3 Å². The molecule has 3 N–H and O–H groups in total. The zero-order valence-electron chi connectivity index (χ0n) is 11.2. The van der Waals surface area contributed by atoms with Crippen LogP contribution in [0.2, 0.25) is 0 Å². The average Bonchev–Trinajstić information content (AvgIpc) is 2.39. The monoisotopic (exact) mass is 291 g/mol. The molecule has 1 saturated heterocycles. The molecule has 0 saturated carbocycles. The minimum atomic E-state index is -1.10. The van der Waals surface area contributed by atoms with Crippen molar-refractivity contribution in [2.24, 2.45) is 0 Å². The van der Waals surface area contributed by atoms with Crippen molar-refractivity contribution in [2.45, 2.75) is 6.92 Å². The zero-order chi connectivity index (χ0) is 15.6. The molecule has 1 aliphatic heterocycles. The van der Waals surface area contributed by atoms with Crippen molar-refractivity contribution in [3.8, 4) is 0 Å². The Morgan fingerprint density at radius 3 is 2.43 bits per heavy atom. The molecule has 1 aromatic rings. The SMILES string of the molecule is Cc1ccc(NC(=O)N2CC(=O)NC(=O)C2)cc1C(=O)O. The topological polar surface area (TPSA) is 116 Å². The van der Waals surface area contributed by atoms with E-state index in [0.29, 0.717) is 5.56 Å². The highest BCUT2D eigenvalue weighted by atomic mass is 16.4. The summed E-state index contributed by atoms with van der Waals surface area (Å²) in [5, 5.41) is 13.6. The Labute approximate surface area is 119 Å². The van der Waals surface area contributed by atoms with E-state index >= 15 is 0 Å². The normalized spacial score (nSPS) is 14.6. The molecule has 1 aliphatic rings. The van der Waals surface area contributed by atoms with Gasteiger partial charge < -0.3 is 15.3 Å². The smallest absolute Gasteiger partial charge is 0.336 e. The number of imide groups is 1. The first-order valence-electron chi connectivity index (χ1n) is 6.09. The van der Waals surface area contributed by atoms with Gasteiger partial charge in [-0.2, -0.15) is 0 Å². The van der Waals surface area contributed by atoms with Crippen LogP contribution >= 0.6 is 0 Å². The Hall–Kier alpha value is -2.90. The van der Waals surface area contributed by atoms with E-state index in [0.717, 1.165) is 4.90 Å². The second-order valence-corrected chi connectivity index (χ2v) is 4.59. The van der Waals surface area contributed by atoms with Crippen molar-refractivity contribution in [2.75, 3.05) is 18.4 Å². The number of carboxylic acid groups (broad SMARTS) is 1. The molecule has 0 radical (unpaired) electrons. The summed E-state index contributed by atoms with van der Waals surface area (Å²) < 4.78 is 0. The van der Waals surface area contributed by atoms with Crippen LogP contribution in [-0.4, -0.2) is 46.9 Å². The van der Waals surface area contributed by atoms with Crippen LogP contribution in [0.3, 0.4) is 0 Å². The lowest BCUT2D eigenvalue weighted by atomic mass is 10.1. The molecule has 110 valence electrons. The third-order valence-corrected chi connectivity index (χ3v) is 2.95. The number of nitrogens with zero attached hydrogens (tertiary/aromatic N) is 1. The van der Waals surface area contributed by atoms with Crippen LogP contribution in [0, 0.1) is 6.92 Å². The fourth-order valence-electron chi connectivity index (χ4n) is 1.91. The first-order chi connectivity index (χ1) is 9.86. The number of carboxylic acids is 1. The Morgan fingerprint density at radius 1 is 1.24 bits per heavy atom. The lowest BCUT2D eigenvalue weighted by Gasteiger charge is -2.25. The molecular weight excluding hydrogens is 278 g/mol. The number of nitrogens with one attached hydrogen (secondary N) is 2. The number of anilines is 1. The zero-order valence-corrected chi connectivity index (χ0v) is 11.2. The Balaban J connectivity index is 2.12.